The molecule has 2 aromatic rings. The summed E-state index contributed by atoms with van der Waals surface area (Å²) in [6, 6.07) is 0.857. The van der Waals surface area contributed by atoms with Crippen LogP contribution in [0.1, 0.15) is 38.0 Å². The van der Waals surface area contributed by atoms with Crippen LogP contribution in [0.5, 0.6) is 0 Å². The molecular weight excluding hydrogens is 282 g/mol. The van der Waals surface area contributed by atoms with E-state index in [0.717, 1.165) is 6.42 Å². The van der Waals surface area contributed by atoms with E-state index in [-0.39, 0.29) is 10.9 Å². The lowest BCUT2D eigenvalue weighted by atomic mass is 10.4. The third-order valence-corrected chi connectivity index (χ3v) is 4.20. The predicted molar refractivity (Wildman–Crippen MR) is 70.3 cm³/mol. The minimum absolute atomic E-state index is 0.127. The number of sulfonamides is 1. The van der Waals surface area contributed by atoms with Crippen LogP contribution >= 0.6 is 0 Å². The van der Waals surface area contributed by atoms with E-state index < -0.39 is 16.1 Å². The summed E-state index contributed by atoms with van der Waals surface area (Å²) in [4.78, 5) is 4.01. The van der Waals surface area contributed by atoms with Gasteiger partial charge >= 0.3 is 0 Å². The van der Waals surface area contributed by atoms with Crippen LogP contribution < -0.4 is 4.72 Å². The molecule has 2 aromatic heterocycles. The molecule has 0 bridgehead atoms. The van der Waals surface area contributed by atoms with Crippen LogP contribution in [0.2, 0.25) is 0 Å². The smallest absolute Gasteiger partial charge is 0.258 e. The highest BCUT2D eigenvalue weighted by Crippen LogP contribution is 2.15. The lowest BCUT2D eigenvalue weighted by Crippen LogP contribution is -2.29. The van der Waals surface area contributed by atoms with Crippen LogP contribution in [-0.4, -0.2) is 28.3 Å². The zero-order valence-corrected chi connectivity index (χ0v) is 12.4. The van der Waals surface area contributed by atoms with Crippen molar-refractivity contribution in [3.63, 3.8) is 0 Å². The second-order valence-corrected chi connectivity index (χ2v) is 6.08. The number of hydrogen-bond acceptors (Lipinski definition) is 6. The Morgan fingerprint density at radius 2 is 2.25 bits per heavy atom. The molecule has 2 rings (SSSR count). The van der Waals surface area contributed by atoms with Gasteiger partial charge in [0.15, 0.2) is 10.9 Å². The molecule has 0 aromatic carbocycles. The Hall–Kier alpha value is -1.74. The van der Waals surface area contributed by atoms with Crippen molar-refractivity contribution in [1.82, 2.24) is 24.6 Å². The molecule has 2 heterocycles. The maximum atomic E-state index is 12.3. The van der Waals surface area contributed by atoms with Crippen LogP contribution in [0.3, 0.4) is 0 Å². The Balaban J connectivity index is 2.20. The fourth-order valence-electron chi connectivity index (χ4n) is 1.76. The molecular formula is C11H17N5O3S. The van der Waals surface area contributed by atoms with Crippen LogP contribution in [0.25, 0.3) is 0 Å². The molecule has 20 heavy (non-hydrogen) atoms. The molecule has 0 amide bonds. The van der Waals surface area contributed by atoms with E-state index in [4.69, 9.17) is 4.52 Å². The zero-order chi connectivity index (χ0) is 14.8. The molecule has 0 unspecified atom stereocenters. The van der Waals surface area contributed by atoms with Crippen LogP contribution in [0.4, 0.5) is 0 Å². The van der Waals surface area contributed by atoms with E-state index >= 15 is 0 Å². The maximum absolute atomic E-state index is 12.3. The predicted octanol–water partition coefficient (Wildman–Crippen LogP) is 1.02. The third kappa shape index (κ3) is 3.05. The molecule has 0 radical (unpaired) electrons. The number of nitrogens with zero attached hydrogens (tertiary/aromatic N) is 4. The van der Waals surface area contributed by atoms with E-state index in [1.807, 2.05) is 6.92 Å². The number of hydrogen-bond donors (Lipinski definition) is 1. The van der Waals surface area contributed by atoms with Gasteiger partial charge in [-0.2, -0.15) is 14.8 Å². The zero-order valence-electron chi connectivity index (χ0n) is 11.6. The highest BCUT2D eigenvalue weighted by atomic mass is 32.2. The lowest BCUT2D eigenvalue weighted by molar-refractivity contribution is 0.350. The van der Waals surface area contributed by atoms with Crippen molar-refractivity contribution in [2.45, 2.75) is 44.8 Å². The topological polar surface area (TPSA) is 103 Å². The van der Waals surface area contributed by atoms with E-state index in [1.165, 1.54) is 16.9 Å². The van der Waals surface area contributed by atoms with E-state index in [1.54, 1.807) is 13.8 Å². The van der Waals surface area contributed by atoms with Crippen molar-refractivity contribution in [2.75, 3.05) is 0 Å². The number of nitrogens with one attached hydrogen (secondary N) is 1. The van der Waals surface area contributed by atoms with Gasteiger partial charge < -0.3 is 4.52 Å². The van der Waals surface area contributed by atoms with Gasteiger partial charge in [0.25, 0.3) is 10.0 Å². The van der Waals surface area contributed by atoms with Gasteiger partial charge in [0.1, 0.15) is 0 Å². The van der Waals surface area contributed by atoms with E-state index in [0.29, 0.717) is 12.4 Å². The first-order valence-electron chi connectivity index (χ1n) is 6.28. The molecule has 0 fully saturated rings. The van der Waals surface area contributed by atoms with Gasteiger partial charge in [-0.25, -0.2) is 8.42 Å². The van der Waals surface area contributed by atoms with Gasteiger partial charge in [-0.1, -0.05) is 12.1 Å². The second kappa shape index (κ2) is 5.71. The lowest BCUT2D eigenvalue weighted by Gasteiger charge is -2.11. The molecule has 0 saturated heterocycles. The molecule has 8 nitrogen and oxygen atoms in total. The summed E-state index contributed by atoms with van der Waals surface area (Å²) in [6.07, 6.45) is 2.26. The monoisotopic (exact) mass is 299 g/mol. The fourth-order valence-corrected chi connectivity index (χ4v) is 3.10. The van der Waals surface area contributed by atoms with Gasteiger partial charge in [0.2, 0.25) is 5.89 Å². The highest BCUT2D eigenvalue weighted by Gasteiger charge is 2.24. The standard InChI is InChI=1S/C11H17N5O3S/c1-4-7-16-10(5-6-12-16)20(17,18)15-8(2)11-13-9(3)14-19-11/h5-6,8,15H,4,7H2,1-3H3/t8-/m0/s1. The average molecular weight is 299 g/mol. The Kier molecular flexibility index (Phi) is 4.19. The summed E-state index contributed by atoms with van der Waals surface area (Å²) >= 11 is 0. The quantitative estimate of drug-likeness (QED) is 0.854. The van der Waals surface area contributed by atoms with Crippen LogP contribution in [-0.2, 0) is 16.6 Å². The van der Waals surface area contributed by atoms with Crippen LogP contribution in [0.15, 0.2) is 21.8 Å². The molecule has 1 atom stereocenters. The normalized spacial score (nSPS) is 13.6. The van der Waals surface area contributed by atoms with Gasteiger partial charge in [-0.3, -0.25) is 4.68 Å². The summed E-state index contributed by atoms with van der Waals surface area (Å²) in [5, 5.41) is 7.77. The first-order chi connectivity index (χ1) is 9.44. The molecule has 110 valence electrons. The molecule has 0 aliphatic heterocycles. The SMILES string of the molecule is CCCn1nccc1S(=O)(=O)N[C@@H](C)c1nc(C)no1. The van der Waals surface area contributed by atoms with E-state index in [2.05, 4.69) is 20.0 Å². The summed E-state index contributed by atoms with van der Waals surface area (Å²) < 4.78 is 33.5. The first kappa shape index (κ1) is 14.7. The van der Waals surface area contributed by atoms with Crippen molar-refractivity contribution in [3.8, 4) is 0 Å². The Morgan fingerprint density at radius 1 is 1.50 bits per heavy atom. The fraction of sp³-hybridized carbons (Fsp3) is 0.545. The third-order valence-electron chi connectivity index (χ3n) is 2.63. The molecule has 0 aliphatic rings. The summed E-state index contributed by atoms with van der Waals surface area (Å²) in [5.74, 6) is 0.690. The van der Waals surface area contributed by atoms with Gasteiger partial charge in [0.05, 0.1) is 12.2 Å². The molecule has 1 N–H and O–H groups in total. The Labute approximate surface area is 117 Å². The highest BCUT2D eigenvalue weighted by molar-refractivity contribution is 7.89. The van der Waals surface area contributed by atoms with Gasteiger partial charge in [-0.15, -0.1) is 0 Å². The largest absolute Gasteiger partial charge is 0.338 e. The van der Waals surface area contributed by atoms with Crippen molar-refractivity contribution < 1.29 is 12.9 Å². The minimum atomic E-state index is -3.69. The van der Waals surface area contributed by atoms with Crippen molar-refractivity contribution in [1.29, 1.82) is 0 Å². The van der Waals surface area contributed by atoms with Crippen molar-refractivity contribution in [2.24, 2.45) is 0 Å². The molecule has 0 spiro atoms. The number of aromatic nitrogens is 4. The summed E-state index contributed by atoms with van der Waals surface area (Å²) in [5.41, 5.74) is 0. The Morgan fingerprint density at radius 3 is 2.85 bits per heavy atom. The van der Waals surface area contributed by atoms with Crippen molar-refractivity contribution >= 4 is 10.0 Å². The first-order valence-corrected chi connectivity index (χ1v) is 7.76. The molecule has 0 saturated carbocycles. The van der Waals surface area contributed by atoms with Crippen LogP contribution in [0, 0.1) is 6.92 Å². The molecule has 9 heteroatoms. The minimum Gasteiger partial charge on any atom is -0.338 e. The van der Waals surface area contributed by atoms with Crippen molar-refractivity contribution in [3.05, 3.63) is 24.0 Å². The summed E-state index contributed by atoms with van der Waals surface area (Å²) in [6.45, 7) is 5.81. The van der Waals surface area contributed by atoms with Gasteiger partial charge in [-0.05, 0) is 26.3 Å². The second-order valence-electron chi connectivity index (χ2n) is 4.42. The molecule has 0 aliphatic carbocycles. The van der Waals surface area contributed by atoms with Gasteiger partial charge in [0, 0.05) is 6.54 Å². The summed E-state index contributed by atoms with van der Waals surface area (Å²) in [7, 11) is -3.69. The average Bonchev–Trinajstić information content (AvgIpc) is 2.98. The maximum Gasteiger partial charge on any atom is 0.258 e. The number of aryl methyl sites for hydroxylation is 2. The number of rotatable bonds is 6. The Bertz CT molecular complexity index is 676. The van der Waals surface area contributed by atoms with E-state index in [9.17, 15) is 8.42 Å².